The molecule has 0 unspecified atom stereocenters. The third kappa shape index (κ3) is 4.06. The number of aromatic carboxylic acids is 1. The van der Waals surface area contributed by atoms with Crippen LogP contribution in [0.1, 0.15) is 52.6 Å². The Balaban J connectivity index is 2.21. The number of rotatable bonds is 6. The van der Waals surface area contributed by atoms with Gasteiger partial charge in [-0.15, -0.1) is 0 Å². The fourth-order valence-corrected chi connectivity index (χ4v) is 3.47. The fraction of sp³-hybridized carbons (Fsp3) is 0.200. The molecule has 0 heterocycles. The molecule has 0 aliphatic heterocycles. The Bertz CT molecular complexity index is 1040. The van der Waals surface area contributed by atoms with Gasteiger partial charge in [0.2, 0.25) is 0 Å². The van der Waals surface area contributed by atoms with Gasteiger partial charge in [0.25, 0.3) is 0 Å². The number of carboxylic acids is 1. The van der Waals surface area contributed by atoms with Crippen LogP contribution in [-0.4, -0.2) is 23.7 Å². The van der Waals surface area contributed by atoms with E-state index in [9.17, 15) is 14.7 Å². The van der Waals surface area contributed by atoms with E-state index in [0.29, 0.717) is 16.7 Å². The van der Waals surface area contributed by atoms with E-state index in [0.717, 1.165) is 11.1 Å². The molecule has 4 nitrogen and oxygen atoms in total. The first-order valence-electron chi connectivity index (χ1n) is 9.56. The molecule has 3 rings (SSSR count). The van der Waals surface area contributed by atoms with Crippen LogP contribution in [0.25, 0.3) is 11.1 Å². The van der Waals surface area contributed by atoms with Gasteiger partial charge in [-0.05, 0) is 47.4 Å². The molecule has 0 bridgehead atoms. The molecule has 0 radical (unpaired) electrons. The summed E-state index contributed by atoms with van der Waals surface area (Å²) in [6, 6.07) is 22.3. The predicted octanol–water partition coefficient (Wildman–Crippen LogP) is 5.55. The summed E-state index contributed by atoms with van der Waals surface area (Å²) in [6.07, 6.45) is 0. The zero-order chi connectivity index (χ0) is 21.0. The van der Waals surface area contributed by atoms with Gasteiger partial charge in [0.15, 0.2) is 0 Å². The number of benzene rings is 3. The average molecular weight is 388 g/mol. The number of hydrogen-bond acceptors (Lipinski definition) is 3. The van der Waals surface area contributed by atoms with Crippen molar-refractivity contribution < 1.29 is 19.4 Å². The molecule has 3 aromatic rings. The van der Waals surface area contributed by atoms with Crippen molar-refractivity contribution in [3.05, 3.63) is 95.1 Å². The molecule has 29 heavy (non-hydrogen) atoms. The van der Waals surface area contributed by atoms with Crippen LogP contribution >= 0.6 is 0 Å². The molecule has 0 saturated carbocycles. The lowest BCUT2D eigenvalue weighted by atomic mass is 9.76. The zero-order valence-corrected chi connectivity index (χ0v) is 16.8. The maximum Gasteiger partial charge on any atom is 0.338 e. The van der Waals surface area contributed by atoms with Crippen molar-refractivity contribution in [2.45, 2.75) is 26.2 Å². The largest absolute Gasteiger partial charge is 0.478 e. The third-order valence-electron chi connectivity index (χ3n) is 5.18. The topological polar surface area (TPSA) is 63.6 Å². The van der Waals surface area contributed by atoms with Crippen LogP contribution in [0.4, 0.5) is 0 Å². The van der Waals surface area contributed by atoms with Crippen molar-refractivity contribution >= 4 is 11.9 Å². The van der Waals surface area contributed by atoms with Crippen LogP contribution in [0.3, 0.4) is 0 Å². The van der Waals surface area contributed by atoms with Crippen molar-refractivity contribution in [1.29, 1.82) is 0 Å². The summed E-state index contributed by atoms with van der Waals surface area (Å²) in [5, 5.41) is 9.75. The van der Waals surface area contributed by atoms with E-state index in [1.54, 1.807) is 37.3 Å². The molecule has 0 saturated heterocycles. The fourth-order valence-electron chi connectivity index (χ4n) is 3.47. The number of ether oxygens (including phenoxy) is 1. The second-order valence-corrected chi connectivity index (χ2v) is 7.32. The van der Waals surface area contributed by atoms with E-state index in [-0.39, 0.29) is 17.6 Å². The van der Waals surface area contributed by atoms with E-state index in [4.69, 9.17) is 4.74 Å². The Labute approximate surface area is 170 Å². The van der Waals surface area contributed by atoms with Crippen LogP contribution in [-0.2, 0) is 10.2 Å². The van der Waals surface area contributed by atoms with Gasteiger partial charge in [-0.25, -0.2) is 9.59 Å². The highest BCUT2D eigenvalue weighted by Crippen LogP contribution is 2.36. The summed E-state index contributed by atoms with van der Waals surface area (Å²) in [4.78, 5) is 24.4. The number of carbonyl (C=O) groups excluding carboxylic acids is 1. The molecule has 0 atom stereocenters. The van der Waals surface area contributed by atoms with Gasteiger partial charge in [-0.2, -0.15) is 0 Å². The summed E-state index contributed by atoms with van der Waals surface area (Å²) in [5.74, 6) is -1.50. The molecule has 0 spiro atoms. The first-order chi connectivity index (χ1) is 13.9. The molecule has 0 fully saturated rings. The Kier molecular flexibility index (Phi) is 5.83. The van der Waals surface area contributed by atoms with E-state index in [2.05, 4.69) is 26.0 Å². The molecule has 0 aliphatic rings. The van der Waals surface area contributed by atoms with Gasteiger partial charge in [0.1, 0.15) is 0 Å². The maximum atomic E-state index is 12.5. The van der Waals surface area contributed by atoms with E-state index in [1.807, 2.05) is 30.3 Å². The summed E-state index contributed by atoms with van der Waals surface area (Å²) in [6.45, 7) is 6.19. The lowest BCUT2D eigenvalue weighted by Gasteiger charge is -2.27. The van der Waals surface area contributed by atoms with E-state index < -0.39 is 11.9 Å². The first-order valence-corrected chi connectivity index (χ1v) is 9.56. The van der Waals surface area contributed by atoms with Crippen LogP contribution < -0.4 is 0 Å². The van der Waals surface area contributed by atoms with Crippen LogP contribution in [0, 0.1) is 0 Å². The minimum atomic E-state index is -1.04. The van der Waals surface area contributed by atoms with Gasteiger partial charge in [0, 0.05) is 5.41 Å². The second kappa shape index (κ2) is 8.31. The Morgan fingerprint density at radius 1 is 0.828 bits per heavy atom. The number of hydrogen-bond donors (Lipinski definition) is 1. The number of esters is 1. The zero-order valence-electron chi connectivity index (χ0n) is 16.8. The highest BCUT2D eigenvalue weighted by atomic mass is 16.5. The lowest BCUT2D eigenvalue weighted by molar-refractivity contribution is 0.0526. The summed E-state index contributed by atoms with van der Waals surface area (Å²) >= 11 is 0. The molecule has 3 aromatic carbocycles. The molecule has 4 heteroatoms. The highest BCUT2D eigenvalue weighted by Gasteiger charge is 2.26. The van der Waals surface area contributed by atoms with Crippen LogP contribution in [0.2, 0.25) is 0 Å². The van der Waals surface area contributed by atoms with Crippen LogP contribution in [0.5, 0.6) is 0 Å². The van der Waals surface area contributed by atoms with Crippen molar-refractivity contribution in [2.24, 2.45) is 0 Å². The van der Waals surface area contributed by atoms with Crippen molar-refractivity contribution in [1.82, 2.24) is 0 Å². The molecular weight excluding hydrogens is 364 g/mol. The Morgan fingerprint density at radius 2 is 1.48 bits per heavy atom. The first kappa shape index (κ1) is 20.3. The Morgan fingerprint density at radius 3 is 2.14 bits per heavy atom. The van der Waals surface area contributed by atoms with Gasteiger partial charge in [-0.3, -0.25) is 0 Å². The molecule has 0 aliphatic carbocycles. The number of carboxylic acid groups (broad SMARTS) is 1. The van der Waals surface area contributed by atoms with Crippen LogP contribution in [0.15, 0.2) is 72.8 Å². The van der Waals surface area contributed by atoms with Crippen molar-refractivity contribution in [2.75, 3.05) is 6.61 Å². The molecule has 1 N–H and O–H groups in total. The predicted molar refractivity (Wildman–Crippen MR) is 113 cm³/mol. The van der Waals surface area contributed by atoms with Crippen molar-refractivity contribution in [3.63, 3.8) is 0 Å². The van der Waals surface area contributed by atoms with E-state index >= 15 is 0 Å². The second-order valence-electron chi connectivity index (χ2n) is 7.32. The minimum Gasteiger partial charge on any atom is -0.478 e. The highest BCUT2D eigenvalue weighted by molar-refractivity contribution is 6.02. The van der Waals surface area contributed by atoms with E-state index in [1.165, 1.54) is 0 Å². The summed E-state index contributed by atoms with van der Waals surface area (Å²) < 4.78 is 5.17. The van der Waals surface area contributed by atoms with Crippen molar-refractivity contribution in [3.8, 4) is 11.1 Å². The maximum absolute atomic E-state index is 12.5. The normalized spacial score (nSPS) is 11.1. The smallest absolute Gasteiger partial charge is 0.338 e. The SMILES string of the molecule is CCOC(=O)c1ccccc1-c1cc(C(C)(C)c2ccccc2)ccc1C(=O)O. The number of carbonyl (C=O) groups is 2. The lowest BCUT2D eigenvalue weighted by Crippen LogP contribution is -2.19. The summed E-state index contributed by atoms with van der Waals surface area (Å²) in [5.41, 5.74) is 3.29. The van der Waals surface area contributed by atoms with Gasteiger partial charge in [0.05, 0.1) is 17.7 Å². The minimum absolute atomic E-state index is 0.148. The third-order valence-corrected chi connectivity index (χ3v) is 5.18. The molecular formula is C25H24O4. The molecule has 148 valence electrons. The molecule has 0 aromatic heterocycles. The Hall–Kier alpha value is -3.40. The standard InChI is InChI=1S/C25H24O4/c1-4-29-24(28)21-13-9-8-12-19(21)22-16-18(14-15-20(22)23(26)27)25(2,3)17-10-6-5-7-11-17/h5-16H,4H2,1-3H3,(H,26,27). The van der Waals surface area contributed by atoms with Gasteiger partial charge in [-0.1, -0.05) is 68.4 Å². The van der Waals surface area contributed by atoms with Gasteiger partial charge < -0.3 is 9.84 Å². The monoisotopic (exact) mass is 388 g/mol. The summed E-state index contributed by atoms with van der Waals surface area (Å²) in [7, 11) is 0. The van der Waals surface area contributed by atoms with Gasteiger partial charge >= 0.3 is 11.9 Å². The molecule has 0 amide bonds. The quantitative estimate of drug-likeness (QED) is 0.562. The average Bonchev–Trinajstić information content (AvgIpc) is 2.74.